The Morgan fingerprint density at radius 2 is 2.21 bits per heavy atom. The zero-order valence-corrected chi connectivity index (χ0v) is 8.03. The molecule has 3 N–H and O–H groups in total. The summed E-state index contributed by atoms with van der Waals surface area (Å²) >= 11 is 0. The topological polar surface area (TPSA) is 52.5 Å². The van der Waals surface area contributed by atoms with Crippen molar-refractivity contribution in [2.24, 2.45) is 5.92 Å². The molecule has 0 aromatic heterocycles. The predicted octanol–water partition coefficient (Wildman–Crippen LogP) is 1.25. The van der Waals surface area contributed by atoms with Crippen LogP contribution in [0.1, 0.15) is 12.0 Å². The second-order valence-corrected chi connectivity index (χ2v) is 3.88. The summed E-state index contributed by atoms with van der Waals surface area (Å²) in [5.41, 5.74) is 0.846. The van der Waals surface area contributed by atoms with Crippen LogP contribution in [0, 0.1) is 5.92 Å². The lowest BCUT2D eigenvalue weighted by atomic mass is 9.98. The van der Waals surface area contributed by atoms with Crippen molar-refractivity contribution in [2.75, 3.05) is 13.1 Å². The van der Waals surface area contributed by atoms with Crippen LogP contribution in [0.3, 0.4) is 0 Å². The molecule has 1 aliphatic rings. The third-order valence-corrected chi connectivity index (χ3v) is 2.73. The van der Waals surface area contributed by atoms with Crippen LogP contribution in [0.5, 0.6) is 11.5 Å². The van der Waals surface area contributed by atoms with Gasteiger partial charge in [-0.1, -0.05) is 0 Å². The second-order valence-electron chi connectivity index (χ2n) is 3.88. The van der Waals surface area contributed by atoms with Gasteiger partial charge in [0.25, 0.3) is 0 Å². The minimum absolute atomic E-state index is 0.226. The van der Waals surface area contributed by atoms with Crippen molar-refractivity contribution < 1.29 is 10.2 Å². The molecule has 14 heavy (non-hydrogen) atoms. The van der Waals surface area contributed by atoms with E-state index in [2.05, 4.69) is 5.32 Å². The summed E-state index contributed by atoms with van der Waals surface area (Å²) in [4.78, 5) is 0. The predicted molar refractivity (Wildman–Crippen MR) is 54.5 cm³/mol. The average Bonchev–Trinajstić information content (AvgIpc) is 2.64. The van der Waals surface area contributed by atoms with Gasteiger partial charge in [0.05, 0.1) is 0 Å². The first-order chi connectivity index (χ1) is 6.75. The van der Waals surface area contributed by atoms with E-state index in [1.165, 1.54) is 6.07 Å². The summed E-state index contributed by atoms with van der Waals surface area (Å²) in [5.74, 6) is 1.10. The summed E-state index contributed by atoms with van der Waals surface area (Å²) in [6.07, 6.45) is 1.99. The third kappa shape index (κ3) is 1.99. The van der Waals surface area contributed by atoms with Crippen LogP contribution in [0.25, 0.3) is 0 Å². The van der Waals surface area contributed by atoms with Crippen LogP contribution >= 0.6 is 0 Å². The Kier molecular flexibility index (Phi) is 2.59. The molecule has 0 radical (unpaired) electrons. The fourth-order valence-electron chi connectivity index (χ4n) is 1.94. The summed E-state index contributed by atoms with van der Waals surface area (Å²) in [7, 11) is 0. The van der Waals surface area contributed by atoms with Crippen LogP contribution in [0.2, 0.25) is 0 Å². The number of nitrogens with one attached hydrogen (secondary N) is 1. The van der Waals surface area contributed by atoms with E-state index < -0.39 is 0 Å². The van der Waals surface area contributed by atoms with Crippen molar-refractivity contribution in [3.05, 3.63) is 23.8 Å². The van der Waals surface area contributed by atoms with E-state index in [1.54, 1.807) is 12.1 Å². The Morgan fingerprint density at radius 3 is 2.93 bits per heavy atom. The van der Waals surface area contributed by atoms with Gasteiger partial charge in [0.1, 0.15) is 11.5 Å². The van der Waals surface area contributed by atoms with Crippen molar-refractivity contribution >= 4 is 0 Å². The van der Waals surface area contributed by atoms with Crippen LogP contribution in [0.4, 0.5) is 0 Å². The van der Waals surface area contributed by atoms with Crippen molar-refractivity contribution in [3.63, 3.8) is 0 Å². The normalized spacial score (nSPS) is 21.3. The number of hydrogen-bond donors (Lipinski definition) is 3. The van der Waals surface area contributed by atoms with Crippen LogP contribution in [0.15, 0.2) is 18.2 Å². The maximum absolute atomic E-state index is 9.56. The molecule has 1 aliphatic heterocycles. The van der Waals surface area contributed by atoms with Gasteiger partial charge in [-0.15, -0.1) is 0 Å². The molecule has 1 aromatic carbocycles. The molecule has 1 atom stereocenters. The number of aromatic hydroxyl groups is 2. The third-order valence-electron chi connectivity index (χ3n) is 2.73. The lowest BCUT2D eigenvalue weighted by molar-refractivity contribution is 0.447. The van der Waals surface area contributed by atoms with E-state index >= 15 is 0 Å². The highest BCUT2D eigenvalue weighted by Crippen LogP contribution is 2.26. The van der Waals surface area contributed by atoms with E-state index in [-0.39, 0.29) is 11.5 Å². The molecular formula is C11H15NO2. The molecule has 3 heteroatoms. The summed E-state index contributed by atoms with van der Waals surface area (Å²) in [6, 6.07) is 4.70. The molecule has 1 unspecified atom stereocenters. The van der Waals surface area contributed by atoms with E-state index in [0.29, 0.717) is 5.92 Å². The van der Waals surface area contributed by atoms with Gasteiger partial charge in [-0.3, -0.25) is 0 Å². The van der Waals surface area contributed by atoms with Gasteiger partial charge in [0.15, 0.2) is 0 Å². The minimum atomic E-state index is 0.226. The number of rotatable bonds is 2. The first-order valence-corrected chi connectivity index (χ1v) is 4.97. The Morgan fingerprint density at radius 1 is 1.36 bits per heavy atom. The van der Waals surface area contributed by atoms with Crippen LogP contribution < -0.4 is 5.32 Å². The highest BCUT2D eigenvalue weighted by molar-refractivity contribution is 5.38. The van der Waals surface area contributed by atoms with Crippen molar-refractivity contribution in [3.8, 4) is 11.5 Å². The molecule has 0 amide bonds. The van der Waals surface area contributed by atoms with Gasteiger partial charge in [-0.05, 0) is 55.6 Å². The Bertz CT molecular complexity index is 319. The lowest BCUT2D eigenvalue weighted by Crippen LogP contribution is -2.10. The van der Waals surface area contributed by atoms with E-state index in [9.17, 15) is 10.2 Å². The Labute approximate surface area is 83.4 Å². The molecule has 1 heterocycles. The average molecular weight is 193 g/mol. The summed E-state index contributed by atoms with van der Waals surface area (Å²) in [6.45, 7) is 2.07. The number of phenols is 2. The van der Waals surface area contributed by atoms with Gasteiger partial charge in [-0.2, -0.15) is 0 Å². The molecule has 3 nitrogen and oxygen atoms in total. The van der Waals surface area contributed by atoms with Crippen LogP contribution in [-0.2, 0) is 6.42 Å². The Hall–Kier alpha value is -1.22. The molecule has 76 valence electrons. The number of benzene rings is 1. The van der Waals surface area contributed by atoms with Crippen molar-refractivity contribution in [2.45, 2.75) is 12.8 Å². The van der Waals surface area contributed by atoms with Gasteiger partial charge < -0.3 is 15.5 Å². The SMILES string of the molecule is Oc1ccc(O)c(CC2CCNC2)c1. The van der Waals surface area contributed by atoms with E-state index in [1.807, 2.05) is 0 Å². The molecule has 0 aliphatic carbocycles. The molecule has 1 saturated heterocycles. The highest BCUT2D eigenvalue weighted by Gasteiger charge is 2.16. The second kappa shape index (κ2) is 3.88. The maximum atomic E-state index is 9.56. The standard InChI is InChI=1S/C11H15NO2/c13-10-1-2-11(14)9(6-10)5-8-3-4-12-7-8/h1-2,6,8,12-14H,3-5,7H2. The minimum Gasteiger partial charge on any atom is -0.508 e. The zero-order valence-electron chi connectivity index (χ0n) is 8.03. The first kappa shape index (κ1) is 9.34. The lowest BCUT2D eigenvalue weighted by Gasteiger charge is -2.09. The Balaban J connectivity index is 2.10. The van der Waals surface area contributed by atoms with Gasteiger partial charge in [0.2, 0.25) is 0 Å². The maximum Gasteiger partial charge on any atom is 0.119 e. The molecule has 0 bridgehead atoms. The molecule has 1 aromatic rings. The van der Waals surface area contributed by atoms with Gasteiger partial charge in [0, 0.05) is 0 Å². The molecule has 1 fully saturated rings. The quantitative estimate of drug-likeness (QED) is 0.620. The monoisotopic (exact) mass is 193 g/mol. The fraction of sp³-hybridized carbons (Fsp3) is 0.455. The molecule has 2 rings (SSSR count). The molecular weight excluding hydrogens is 178 g/mol. The zero-order chi connectivity index (χ0) is 9.97. The number of phenolic OH excluding ortho intramolecular Hbond substituents is 2. The molecule has 0 saturated carbocycles. The van der Waals surface area contributed by atoms with Crippen molar-refractivity contribution in [1.29, 1.82) is 0 Å². The summed E-state index contributed by atoms with van der Waals surface area (Å²) in [5, 5.41) is 22.1. The summed E-state index contributed by atoms with van der Waals surface area (Å²) < 4.78 is 0. The smallest absolute Gasteiger partial charge is 0.119 e. The van der Waals surface area contributed by atoms with E-state index in [4.69, 9.17) is 0 Å². The highest BCUT2D eigenvalue weighted by atomic mass is 16.3. The fourth-order valence-corrected chi connectivity index (χ4v) is 1.94. The molecule has 0 spiro atoms. The first-order valence-electron chi connectivity index (χ1n) is 4.97. The van der Waals surface area contributed by atoms with Crippen LogP contribution in [-0.4, -0.2) is 23.3 Å². The van der Waals surface area contributed by atoms with E-state index in [0.717, 1.165) is 31.5 Å². The van der Waals surface area contributed by atoms with Crippen molar-refractivity contribution in [1.82, 2.24) is 5.32 Å². The van der Waals surface area contributed by atoms with Gasteiger partial charge in [-0.25, -0.2) is 0 Å². The van der Waals surface area contributed by atoms with Gasteiger partial charge >= 0.3 is 0 Å². The number of hydrogen-bond acceptors (Lipinski definition) is 3. The largest absolute Gasteiger partial charge is 0.508 e.